The number of nitrogens with zero attached hydrogens (tertiary/aromatic N) is 2. The quantitative estimate of drug-likeness (QED) is 0.487. The molecule has 10 nitrogen and oxygen atoms in total. The van der Waals surface area contributed by atoms with Gasteiger partial charge in [0.15, 0.2) is 4.91 Å². The third-order valence-electron chi connectivity index (χ3n) is 2.88. The molecule has 0 saturated carbocycles. The lowest BCUT2D eigenvalue weighted by Gasteiger charge is -2.13. The van der Waals surface area contributed by atoms with E-state index in [1.165, 1.54) is 20.9 Å². The van der Waals surface area contributed by atoms with E-state index in [2.05, 4.69) is 20.6 Å². The number of hydrogen-bond acceptors (Lipinski definition) is 8. The van der Waals surface area contributed by atoms with Crippen LogP contribution in [-0.2, 0) is 19.6 Å². The van der Waals surface area contributed by atoms with Crippen molar-refractivity contribution in [2.45, 2.75) is 27.7 Å². The Bertz CT molecular complexity index is 784. The first-order chi connectivity index (χ1) is 11.6. The zero-order valence-corrected chi connectivity index (χ0v) is 15.4. The van der Waals surface area contributed by atoms with Crippen LogP contribution in [0, 0.1) is 13.8 Å². The molecule has 0 radical (unpaired) electrons. The Hall–Kier alpha value is -2.69. The Morgan fingerprint density at radius 1 is 1.20 bits per heavy atom. The first kappa shape index (κ1) is 20.4. The number of nitrogens with one attached hydrogen (secondary N) is 3. The molecule has 2 amide bonds. The van der Waals surface area contributed by atoms with Gasteiger partial charge in [0.1, 0.15) is 0 Å². The SMILES string of the molecule is CCOC(=O)/C(=C(/C)NC)S(=O)(=O)NC(=O)Nc1nc(C)cc(C)n1. The van der Waals surface area contributed by atoms with Crippen molar-refractivity contribution in [3.05, 3.63) is 28.1 Å². The Labute approximate surface area is 146 Å². The van der Waals surface area contributed by atoms with Crippen molar-refractivity contribution in [2.75, 3.05) is 19.0 Å². The summed E-state index contributed by atoms with van der Waals surface area (Å²) in [7, 11) is -3.03. The molecule has 0 unspecified atom stereocenters. The second-order valence-corrected chi connectivity index (χ2v) is 6.58. The zero-order valence-electron chi connectivity index (χ0n) is 14.6. The summed E-state index contributed by atoms with van der Waals surface area (Å²) in [6, 6.07) is 0.591. The van der Waals surface area contributed by atoms with Gasteiger partial charge in [-0.15, -0.1) is 0 Å². The molecule has 1 heterocycles. The molecule has 0 fully saturated rings. The van der Waals surface area contributed by atoms with E-state index in [1.807, 2.05) is 0 Å². The van der Waals surface area contributed by atoms with Crippen molar-refractivity contribution in [1.82, 2.24) is 20.0 Å². The predicted molar refractivity (Wildman–Crippen MR) is 91.0 cm³/mol. The van der Waals surface area contributed by atoms with Crippen LogP contribution >= 0.6 is 0 Å². The van der Waals surface area contributed by atoms with E-state index in [9.17, 15) is 18.0 Å². The normalized spacial score (nSPS) is 12.0. The molecule has 0 saturated heterocycles. The molecular formula is C14H21N5O5S. The average Bonchev–Trinajstić information content (AvgIpc) is 2.44. The number of carbonyl (C=O) groups excluding carboxylic acids is 2. The molecule has 1 aromatic heterocycles. The van der Waals surface area contributed by atoms with Crippen LogP contribution in [0.4, 0.5) is 10.7 Å². The minimum atomic E-state index is -4.47. The monoisotopic (exact) mass is 371 g/mol. The van der Waals surface area contributed by atoms with Gasteiger partial charge in [0.25, 0.3) is 10.0 Å². The first-order valence-corrected chi connectivity index (χ1v) is 8.80. The summed E-state index contributed by atoms with van der Waals surface area (Å²) < 4.78 is 31.2. The minimum absolute atomic E-state index is 0.0164. The molecule has 0 atom stereocenters. The van der Waals surface area contributed by atoms with E-state index in [1.54, 1.807) is 24.6 Å². The number of amides is 2. The fraction of sp³-hybridized carbons (Fsp3) is 0.429. The number of anilines is 1. The maximum absolute atomic E-state index is 12.4. The second kappa shape index (κ2) is 8.42. The van der Waals surface area contributed by atoms with Crippen molar-refractivity contribution < 1.29 is 22.7 Å². The van der Waals surface area contributed by atoms with Crippen LogP contribution in [0.25, 0.3) is 0 Å². The molecule has 0 aliphatic carbocycles. The highest BCUT2D eigenvalue weighted by Gasteiger charge is 2.30. The Balaban J connectivity index is 3.04. The van der Waals surface area contributed by atoms with Crippen molar-refractivity contribution in [2.24, 2.45) is 0 Å². The van der Waals surface area contributed by atoms with Gasteiger partial charge in [-0.05, 0) is 33.8 Å². The average molecular weight is 371 g/mol. The summed E-state index contributed by atoms with van der Waals surface area (Å²) >= 11 is 0. The van der Waals surface area contributed by atoms with Gasteiger partial charge in [-0.25, -0.2) is 32.7 Å². The number of aromatic nitrogens is 2. The number of urea groups is 1. The summed E-state index contributed by atoms with van der Waals surface area (Å²) in [5.41, 5.74) is 1.23. The molecule has 1 aromatic rings. The standard InChI is InChI=1S/C14H21N5O5S/c1-6-24-12(20)11(10(4)15-5)25(22,23)19-14(21)18-13-16-8(2)7-9(3)17-13/h7,15H,6H2,1-5H3,(H2,16,17,18,19,21)/b11-10+. The van der Waals surface area contributed by atoms with Gasteiger partial charge < -0.3 is 10.1 Å². The number of ether oxygens (including phenoxy) is 1. The van der Waals surface area contributed by atoms with Gasteiger partial charge in [-0.3, -0.25) is 5.32 Å². The van der Waals surface area contributed by atoms with Crippen LogP contribution < -0.4 is 15.4 Å². The number of sulfonamides is 1. The molecule has 25 heavy (non-hydrogen) atoms. The Kier molecular flexibility index (Phi) is 6.86. The Morgan fingerprint density at radius 2 is 1.76 bits per heavy atom. The van der Waals surface area contributed by atoms with Crippen molar-refractivity contribution >= 4 is 28.0 Å². The number of carbonyl (C=O) groups is 2. The third-order valence-corrected chi connectivity index (χ3v) is 4.34. The minimum Gasteiger partial charge on any atom is -0.462 e. The molecule has 3 N–H and O–H groups in total. The largest absolute Gasteiger partial charge is 0.462 e. The van der Waals surface area contributed by atoms with Crippen LogP contribution in [0.2, 0.25) is 0 Å². The van der Waals surface area contributed by atoms with Gasteiger partial charge in [-0.2, -0.15) is 0 Å². The number of aryl methyl sites for hydroxylation is 2. The molecule has 0 aliphatic rings. The summed E-state index contributed by atoms with van der Waals surface area (Å²) in [5, 5.41) is 4.77. The molecule has 1 rings (SSSR count). The first-order valence-electron chi connectivity index (χ1n) is 7.32. The maximum atomic E-state index is 12.4. The highest BCUT2D eigenvalue weighted by molar-refractivity contribution is 7.94. The smallest absolute Gasteiger partial charge is 0.353 e. The van der Waals surface area contributed by atoms with Crippen LogP contribution in [0.5, 0.6) is 0 Å². The number of esters is 1. The predicted octanol–water partition coefficient (Wildman–Crippen LogP) is 0.559. The highest BCUT2D eigenvalue weighted by Crippen LogP contribution is 2.12. The van der Waals surface area contributed by atoms with E-state index >= 15 is 0 Å². The second-order valence-electron chi connectivity index (χ2n) is 4.96. The van der Waals surface area contributed by atoms with Gasteiger partial charge in [0.2, 0.25) is 5.95 Å². The number of hydrogen-bond donors (Lipinski definition) is 3. The van der Waals surface area contributed by atoms with E-state index in [0.29, 0.717) is 11.4 Å². The van der Waals surface area contributed by atoms with Gasteiger partial charge in [0, 0.05) is 24.1 Å². The maximum Gasteiger partial charge on any atom is 0.353 e. The summed E-state index contributed by atoms with van der Waals surface area (Å²) in [4.78, 5) is 31.1. The summed E-state index contributed by atoms with van der Waals surface area (Å²) in [6.07, 6.45) is 0. The molecule has 0 aromatic carbocycles. The molecule has 0 spiro atoms. The number of rotatable bonds is 6. The fourth-order valence-electron chi connectivity index (χ4n) is 1.86. The van der Waals surface area contributed by atoms with Crippen LogP contribution in [0.1, 0.15) is 25.2 Å². The van der Waals surface area contributed by atoms with Crippen molar-refractivity contribution in [3.8, 4) is 0 Å². The van der Waals surface area contributed by atoms with E-state index in [0.717, 1.165) is 0 Å². The lowest BCUT2D eigenvalue weighted by atomic mass is 10.4. The Morgan fingerprint density at radius 3 is 2.24 bits per heavy atom. The molecule has 0 aliphatic heterocycles. The zero-order chi connectivity index (χ0) is 19.2. The van der Waals surface area contributed by atoms with Crippen LogP contribution in [0.3, 0.4) is 0 Å². The van der Waals surface area contributed by atoms with Crippen LogP contribution in [-0.4, -0.2) is 44.0 Å². The van der Waals surface area contributed by atoms with E-state index < -0.39 is 26.9 Å². The lowest BCUT2D eigenvalue weighted by Crippen LogP contribution is -2.38. The third kappa shape index (κ3) is 5.71. The molecule has 138 valence electrons. The fourth-order valence-corrected chi connectivity index (χ4v) is 3.04. The van der Waals surface area contributed by atoms with Gasteiger partial charge in [-0.1, -0.05) is 0 Å². The summed E-state index contributed by atoms with van der Waals surface area (Å²) in [6.45, 7) is 6.29. The lowest BCUT2D eigenvalue weighted by molar-refractivity contribution is -0.137. The highest BCUT2D eigenvalue weighted by atomic mass is 32.2. The molecule has 0 bridgehead atoms. The van der Waals surface area contributed by atoms with E-state index in [-0.39, 0.29) is 18.3 Å². The molecule has 11 heteroatoms. The van der Waals surface area contributed by atoms with Gasteiger partial charge >= 0.3 is 12.0 Å². The topological polar surface area (TPSA) is 139 Å². The molecular weight excluding hydrogens is 350 g/mol. The summed E-state index contributed by atoms with van der Waals surface area (Å²) in [5.74, 6) is -1.13. The number of allylic oxidation sites excluding steroid dienone is 1. The van der Waals surface area contributed by atoms with E-state index in [4.69, 9.17) is 4.74 Å². The van der Waals surface area contributed by atoms with Crippen molar-refractivity contribution in [1.29, 1.82) is 0 Å². The van der Waals surface area contributed by atoms with Crippen molar-refractivity contribution in [3.63, 3.8) is 0 Å². The van der Waals surface area contributed by atoms with Crippen LogP contribution in [0.15, 0.2) is 16.7 Å². The van der Waals surface area contributed by atoms with Gasteiger partial charge in [0.05, 0.1) is 6.61 Å².